The van der Waals surface area contributed by atoms with Gasteiger partial charge in [0, 0.05) is 30.3 Å². The number of carbonyl (C=O) groups is 1. The molecule has 4 nitrogen and oxygen atoms in total. The zero-order valence-electron chi connectivity index (χ0n) is 19.6. The van der Waals surface area contributed by atoms with Crippen LogP contribution in [0.2, 0.25) is 0 Å². The van der Waals surface area contributed by atoms with Gasteiger partial charge in [-0.25, -0.2) is 4.79 Å². The number of nitrogens with zero attached hydrogens (tertiary/aromatic N) is 2. The van der Waals surface area contributed by atoms with Crippen LogP contribution in [0.1, 0.15) is 65.4 Å². The number of fused-ring (bicyclic) bond motifs is 3. The number of likely N-dealkylation sites (tertiary alicyclic amines) is 1. The lowest BCUT2D eigenvalue weighted by Gasteiger charge is -2.61. The van der Waals surface area contributed by atoms with E-state index >= 15 is 0 Å². The van der Waals surface area contributed by atoms with Gasteiger partial charge in [-0.1, -0.05) is 60.7 Å². The van der Waals surface area contributed by atoms with Gasteiger partial charge in [-0.15, -0.1) is 0 Å². The van der Waals surface area contributed by atoms with E-state index < -0.39 is 0 Å². The summed E-state index contributed by atoms with van der Waals surface area (Å²) in [6, 6.07) is 25.4. The van der Waals surface area contributed by atoms with Gasteiger partial charge in [-0.05, 0) is 73.9 Å². The number of benzene rings is 2. The van der Waals surface area contributed by atoms with E-state index in [1.54, 1.807) is 24.5 Å². The summed E-state index contributed by atoms with van der Waals surface area (Å²) in [6.45, 7) is 2.30. The van der Waals surface area contributed by atoms with E-state index in [4.69, 9.17) is 4.74 Å². The second kappa shape index (κ2) is 8.99. The average molecular weight is 453 g/mol. The molecule has 34 heavy (non-hydrogen) atoms. The molecule has 1 aromatic heterocycles. The minimum absolute atomic E-state index is 0.0649. The normalized spacial score (nSPS) is 30.8. The van der Waals surface area contributed by atoms with E-state index in [1.807, 2.05) is 0 Å². The summed E-state index contributed by atoms with van der Waals surface area (Å²) in [4.78, 5) is 20.0. The van der Waals surface area contributed by atoms with Gasteiger partial charge in [0.2, 0.25) is 0 Å². The molecule has 4 fully saturated rings. The molecule has 3 aliphatic carbocycles. The van der Waals surface area contributed by atoms with E-state index in [-0.39, 0.29) is 23.5 Å². The predicted molar refractivity (Wildman–Crippen MR) is 133 cm³/mol. The van der Waals surface area contributed by atoms with Crippen molar-refractivity contribution in [2.24, 2.45) is 5.92 Å². The number of hydrogen-bond acceptors (Lipinski definition) is 4. The molecular weight excluding hydrogens is 420 g/mol. The molecule has 7 rings (SSSR count). The van der Waals surface area contributed by atoms with E-state index in [1.165, 1.54) is 24.0 Å². The number of aromatic nitrogens is 1. The van der Waals surface area contributed by atoms with Crippen molar-refractivity contribution in [3.8, 4) is 0 Å². The van der Waals surface area contributed by atoms with Crippen molar-refractivity contribution in [2.75, 3.05) is 13.1 Å². The topological polar surface area (TPSA) is 42.4 Å². The second-order valence-corrected chi connectivity index (χ2v) is 10.3. The first-order chi connectivity index (χ1) is 16.7. The van der Waals surface area contributed by atoms with Gasteiger partial charge in [0.05, 0.1) is 5.56 Å². The van der Waals surface area contributed by atoms with Crippen LogP contribution in [-0.2, 0) is 4.74 Å². The highest BCUT2D eigenvalue weighted by molar-refractivity contribution is 5.89. The SMILES string of the molecule is O=C(OC1CC2(N3CCCC3)CC(c3ccccc3)C1C(c1ccccc1)C2)c1ccncc1. The molecule has 0 N–H and O–H groups in total. The Morgan fingerprint density at radius 3 is 1.91 bits per heavy atom. The van der Waals surface area contributed by atoms with Gasteiger partial charge in [-0.3, -0.25) is 9.88 Å². The number of esters is 1. The highest BCUT2D eigenvalue weighted by Gasteiger charge is 2.59. The number of ether oxygens (including phenoxy) is 1. The van der Waals surface area contributed by atoms with Crippen LogP contribution < -0.4 is 0 Å². The van der Waals surface area contributed by atoms with Gasteiger partial charge >= 0.3 is 5.97 Å². The third kappa shape index (κ3) is 3.84. The van der Waals surface area contributed by atoms with Crippen LogP contribution in [-0.4, -0.2) is 40.6 Å². The Bertz CT molecular complexity index is 1060. The standard InChI is InChI=1S/C30H32N2O2/c33-29(24-13-15-31-16-14-24)34-27-21-30(32-17-7-8-18-32)19-25(22-9-3-1-4-10-22)28(27)26(20-30)23-11-5-2-6-12-23/h1-6,9-16,25-28H,7-8,17-21H2. The smallest absolute Gasteiger partial charge is 0.338 e. The first kappa shape index (κ1) is 21.5. The summed E-state index contributed by atoms with van der Waals surface area (Å²) in [5.74, 6) is 0.768. The lowest BCUT2D eigenvalue weighted by Crippen LogP contribution is -2.62. The monoisotopic (exact) mass is 452 g/mol. The molecule has 3 aromatic rings. The van der Waals surface area contributed by atoms with Crippen molar-refractivity contribution in [1.29, 1.82) is 0 Å². The number of hydrogen-bond donors (Lipinski definition) is 0. The molecule has 2 heterocycles. The predicted octanol–water partition coefficient (Wildman–Crippen LogP) is 5.82. The molecule has 0 amide bonds. The summed E-state index contributed by atoms with van der Waals surface area (Å²) in [5.41, 5.74) is 3.40. The Balaban J connectivity index is 1.43. The van der Waals surface area contributed by atoms with Crippen molar-refractivity contribution in [2.45, 2.75) is 55.6 Å². The zero-order valence-corrected chi connectivity index (χ0v) is 19.6. The molecule has 4 heteroatoms. The molecule has 4 aliphatic rings. The van der Waals surface area contributed by atoms with E-state index in [0.717, 1.165) is 32.4 Å². The summed E-state index contributed by atoms with van der Waals surface area (Å²) in [5, 5.41) is 0. The third-order valence-corrected chi connectivity index (χ3v) is 8.55. The maximum Gasteiger partial charge on any atom is 0.338 e. The van der Waals surface area contributed by atoms with Crippen LogP contribution >= 0.6 is 0 Å². The quantitative estimate of drug-likeness (QED) is 0.457. The van der Waals surface area contributed by atoms with Crippen molar-refractivity contribution in [3.63, 3.8) is 0 Å². The Hall–Kier alpha value is -2.98. The first-order valence-corrected chi connectivity index (χ1v) is 12.7. The van der Waals surface area contributed by atoms with Crippen LogP contribution in [0.25, 0.3) is 0 Å². The second-order valence-electron chi connectivity index (χ2n) is 10.3. The van der Waals surface area contributed by atoms with Crippen LogP contribution in [0.3, 0.4) is 0 Å². The van der Waals surface area contributed by atoms with E-state index in [9.17, 15) is 4.79 Å². The molecule has 3 unspecified atom stereocenters. The number of rotatable bonds is 5. The fourth-order valence-corrected chi connectivity index (χ4v) is 7.12. The van der Waals surface area contributed by atoms with E-state index in [0.29, 0.717) is 17.4 Å². The number of pyridine rings is 1. The molecule has 3 saturated carbocycles. The van der Waals surface area contributed by atoms with Gasteiger partial charge in [0.1, 0.15) is 6.10 Å². The third-order valence-electron chi connectivity index (χ3n) is 8.55. The maximum atomic E-state index is 13.2. The Morgan fingerprint density at radius 1 is 0.794 bits per heavy atom. The van der Waals surface area contributed by atoms with Gasteiger partial charge < -0.3 is 4.74 Å². The summed E-state index contributed by atoms with van der Waals surface area (Å²) in [7, 11) is 0. The van der Waals surface area contributed by atoms with Crippen molar-refractivity contribution < 1.29 is 9.53 Å². The fraction of sp³-hybridized carbons (Fsp3) is 0.400. The average Bonchev–Trinajstić information content (AvgIpc) is 3.46. The Labute approximate surface area is 202 Å². The van der Waals surface area contributed by atoms with Crippen molar-refractivity contribution in [3.05, 3.63) is 102 Å². The van der Waals surface area contributed by atoms with Crippen molar-refractivity contribution in [1.82, 2.24) is 9.88 Å². The van der Waals surface area contributed by atoms with Crippen LogP contribution in [0, 0.1) is 5.92 Å². The molecule has 174 valence electrons. The molecule has 1 saturated heterocycles. The number of carbonyl (C=O) groups excluding carboxylic acids is 1. The molecule has 1 aliphatic heterocycles. The molecule has 3 atom stereocenters. The maximum absolute atomic E-state index is 13.2. The van der Waals surface area contributed by atoms with Gasteiger partial charge in [0.25, 0.3) is 0 Å². The molecule has 0 radical (unpaired) electrons. The minimum Gasteiger partial charge on any atom is -0.458 e. The van der Waals surface area contributed by atoms with Crippen molar-refractivity contribution >= 4 is 5.97 Å². The fourth-order valence-electron chi connectivity index (χ4n) is 7.12. The molecule has 2 bridgehead atoms. The molecule has 0 spiro atoms. The first-order valence-electron chi connectivity index (χ1n) is 12.7. The Morgan fingerprint density at radius 2 is 1.35 bits per heavy atom. The lowest BCUT2D eigenvalue weighted by atomic mass is 9.51. The zero-order chi connectivity index (χ0) is 23.0. The van der Waals surface area contributed by atoms with Crippen LogP contribution in [0.15, 0.2) is 85.2 Å². The lowest BCUT2D eigenvalue weighted by molar-refractivity contribution is -0.105. The largest absolute Gasteiger partial charge is 0.458 e. The molecular formula is C30H32N2O2. The highest BCUT2D eigenvalue weighted by Crippen LogP contribution is 2.61. The van der Waals surface area contributed by atoms with Gasteiger partial charge in [0.15, 0.2) is 0 Å². The van der Waals surface area contributed by atoms with E-state index in [2.05, 4.69) is 70.5 Å². The Kier molecular flexibility index (Phi) is 5.70. The van der Waals surface area contributed by atoms with Crippen LogP contribution in [0.4, 0.5) is 0 Å². The summed E-state index contributed by atoms with van der Waals surface area (Å²) >= 11 is 0. The minimum atomic E-state index is -0.227. The van der Waals surface area contributed by atoms with Crippen LogP contribution in [0.5, 0.6) is 0 Å². The summed E-state index contributed by atoms with van der Waals surface area (Å²) in [6.07, 6.45) is 8.96. The highest BCUT2D eigenvalue weighted by atomic mass is 16.5. The molecule has 2 aromatic carbocycles. The van der Waals surface area contributed by atoms with Gasteiger partial charge in [-0.2, -0.15) is 0 Å². The summed E-state index contributed by atoms with van der Waals surface area (Å²) < 4.78 is 6.41.